The molecule has 5 heteroatoms. The Morgan fingerprint density at radius 1 is 1.17 bits per heavy atom. The van der Waals surface area contributed by atoms with Gasteiger partial charge in [-0.05, 0) is 40.2 Å². The number of imidazole rings is 1. The number of pyridine rings is 1. The Labute approximate surface area is 111 Å². The summed E-state index contributed by atoms with van der Waals surface area (Å²) in [4.78, 5) is 4.31. The Balaban J connectivity index is 2.36. The summed E-state index contributed by atoms with van der Waals surface area (Å²) >= 11 is 3.33. The van der Waals surface area contributed by atoms with Crippen LogP contribution >= 0.6 is 15.9 Å². The molecular formula is C13H8BrFN2O. The van der Waals surface area contributed by atoms with Crippen LogP contribution in [0.3, 0.4) is 0 Å². The molecule has 90 valence electrons. The second-order valence-electron chi connectivity index (χ2n) is 3.84. The quantitative estimate of drug-likeness (QED) is 0.746. The van der Waals surface area contributed by atoms with Crippen molar-refractivity contribution in [3.63, 3.8) is 0 Å². The van der Waals surface area contributed by atoms with Crippen LogP contribution in [0.2, 0.25) is 0 Å². The molecule has 1 N–H and O–H groups in total. The first kappa shape index (κ1) is 11.2. The van der Waals surface area contributed by atoms with Gasteiger partial charge in [0, 0.05) is 5.56 Å². The minimum atomic E-state index is -0.337. The van der Waals surface area contributed by atoms with E-state index in [-0.39, 0.29) is 11.7 Å². The Hall–Kier alpha value is -1.88. The van der Waals surface area contributed by atoms with Crippen LogP contribution in [0.25, 0.3) is 16.9 Å². The van der Waals surface area contributed by atoms with Crippen LogP contribution in [0.15, 0.2) is 47.1 Å². The van der Waals surface area contributed by atoms with E-state index in [1.54, 1.807) is 28.7 Å². The molecule has 3 aromatic rings. The first-order valence-corrected chi connectivity index (χ1v) is 6.08. The van der Waals surface area contributed by atoms with Gasteiger partial charge in [0.05, 0.1) is 5.52 Å². The molecule has 0 radical (unpaired) electrons. The topological polar surface area (TPSA) is 37.5 Å². The summed E-state index contributed by atoms with van der Waals surface area (Å²) in [6.45, 7) is 0. The van der Waals surface area contributed by atoms with Crippen molar-refractivity contribution in [3.05, 3.63) is 52.9 Å². The maximum Gasteiger partial charge on any atom is 0.197 e. The summed E-state index contributed by atoms with van der Waals surface area (Å²) in [6, 6.07) is 11.2. The van der Waals surface area contributed by atoms with Gasteiger partial charge in [-0.2, -0.15) is 0 Å². The Bertz CT molecular complexity index is 739. The zero-order valence-corrected chi connectivity index (χ0v) is 10.7. The maximum atomic E-state index is 13.2. The van der Waals surface area contributed by atoms with Crippen molar-refractivity contribution in [2.45, 2.75) is 0 Å². The summed E-state index contributed by atoms with van der Waals surface area (Å²) in [5.74, 6) is 0.218. The van der Waals surface area contributed by atoms with E-state index in [9.17, 15) is 9.50 Å². The van der Waals surface area contributed by atoms with Gasteiger partial charge in [0.15, 0.2) is 5.88 Å². The van der Waals surface area contributed by atoms with Crippen LogP contribution in [0.5, 0.6) is 5.88 Å². The normalized spacial score (nSPS) is 11.0. The fourth-order valence-corrected chi connectivity index (χ4v) is 2.38. The van der Waals surface area contributed by atoms with Crippen LogP contribution < -0.4 is 0 Å². The van der Waals surface area contributed by atoms with Gasteiger partial charge in [-0.1, -0.05) is 18.2 Å². The lowest BCUT2D eigenvalue weighted by molar-refractivity contribution is 0.447. The van der Waals surface area contributed by atoms with E-state index >= 15 is 0 Å². The number of aromatic hydroxyl groups is 1. The lowest BCUT2D eigenvalue weighted by Gasteiger charge is -2.03. The van der Waals surface area contributed by atoms with Crippen molar-refractivity contribution >= 4 is 21.4 Å². The molecule has 3 rings (SSSR count). The highest BCUT2D eigenvalue weighted by atomic mass is 79.9. The highest BCUT2D eigenvalue weighted by molar-refractivity contribution is 9.10. The van der Waals surface area contributed by atoms with E-state index in [0.717, 1.165) is 5.52 Å². The van der Waals surface area contributed by atoms with E-state index in [1.165, 1.54) is 12.1 Å². The van der Waals surface area contributed by atoms with Crippen LogP contribution in [-0.4, -0.2) is 14.5 Å². The number of nitrogens with zero attached hydrogens (tertiary/aromatic N) is 2. The molecule has 0 saturated carbocycles. The van der Waals surface area contributed by atoms with Gasteiger partial charge in [-0.3, -0.25) is 4.40 Å². The highest BCUT2D eigenvalue weighted by Gasteiger charge is 2.13. The summed E-state index contributed by atoms with van der Waals surface area (Å²) in [7, 11) is 0. The monoisotopic (exact) mass is 306 g/mol. The molecule has 0 atom stereocenters. The van der Waals surface area contributed by atoms with E-state index in [2.05, 4.69) is 20.9 Å². The summed E-state index contributed by atoms with van der Waals surface area (Å²) in [5.41, 5.74) is 1.34. The molecule has 3 nitrogen and oxygen atoms in total. The first-order valence-electron chi connectivity index (χ1n) is 5.28. The third-order valence-electron chi connectivity index (χ3n) is 2.68. The van der Waals surface area contributed by atoms with Gasteiger partial charge in [-0.15, -0.1) is 0 Å². The molecule has 0 aliphatic rings. The Morgan fingerprint density at radius 2 is 1.94 bits per heavy atom. The summed E-state index contributed by atoms with van der Waals surface area (Å²) in [5, 5.41) is 9.90. The van der Waals surface area contributed by atoms with Crippen molar-refractivity contribution in [2.24, 2.45) is 0 Å². The number of hydrogen-bond acceptors (Lipinski definition) is 2. The highest BCUT2D eigenvalue weighted by Crippen LogP contribution is 2.29. The number of fused-ring (bicyclic) bond motifs is 1. The van der Waals surface area contributed by atoms with Crippen LogP contribution in [0.1, 0.15) is 0 Å². The zero-order valence-electron chi connectivity index (χ0n) is 9.14. The van der Waals surface area contributed by atoms with Crippen molar-refractivity contribution in [1.82, 2.24) is 9.38 Å². The zero-order chi connectivity index (χ0) is 12.7. The minimum Gasteiger partial charge on any atom is -0.494 e. The van der Waals surface area contributed by atoms with Crippen LogP contribution in [0.4, 0.5) is 4.39 Å². The third kappa shape index (κ3) is 1.67. The van der Waals surface area contributed by atoms with E-state index < -0.39 is 0 Å². The van der Waals surface area contributed by atoms with Crippen LogP contribution in [-0.2, 0) is 0 Å². The van der Waals surface area contributed by atoms with Gasteiger partial charge >= 0.3 is 0 Å². The van der Waals surface area contributed by atoms with E-state index in [4.69, 9.17) is 0 Å². The maximum absolute atomic E-state index is 13.2. The van der Waals surface area contributed by atoms with Crippen molar-refractivity contribution in [2.75, 3.05) is 0 Å². The fraction of sp³-hybridized carbons (Fsp3) is 0. The standard InChI is InChI=1S/C13H8BrFN2O/c14-12-10-5-2-6-11(18)17(10)13(16-12)8-3-1-4-9(15)7-8/h1-7,18H. The number of rotatable bonds is 1. The average molecular weight is 307 g/mol. The molecule has 18 heavy (non-hydrogen) atoms. The predicted octanol–water partition coefficient (Wildman–Crippen LogP) is 3.61. The Morgan fingerprint density at radius 3 is 2.72 bits per heavy atom. The lowest BCUT2D eigenvalue weighted by atomic mass is 10.2. The largest absolute Gasteiger partial charge is 0.494 e. The lowest BCUT2D eigenvalue weighted by Crippen LogP contribution is -1.90. The predicted molar refractivity (Wildman–Crippen MR) is 70.0 cm³/mol. The molecule has 0 spiro atoms. The molecule has 0 amide bonds. The van der Waals surface area contributed by atoms with Crippen molar-refractivity contribution in [3.8, 4) is 17.3 Å². The SMILES string of the molecule is Oc1cccc2c(Br)nc(-c3cccc(F)c3)n12. The van der Waals surface area contributed by atoms with Gasteiger partial charge < -0.3 is 5.11 Å². The molecule has 0 aliphatic heterocycles. The van der Waals surface area contributed by atoms with Crippen molar-refractivity contribution in [1.29, 1.82) is 0 Å². The van der Waals surface area contributed by atoms with Gasteiger partial charge in [-0.25, -0.2) is 9.37 Å². The number of hydrogen-bond donors (Lipinski definition) is 1. The van der Waals surface area contributed by atoms with Gasteiger partial charge in [0.1, 0.15) is 16.2 Å². The molecule has 0 saturated heterocycles. The third-order valence-corrected chi connectivity index (χ3v) is 3.26. The molecule has 2 heterocycles. The Kier molecular flexibility index (Phi) is 2.56. The molecule has 0 bridgehead atoms. The second kappa shape index (κ2) is 4.10. The van der Waals surface area contributed by atoms with Crippen molar-refractivity contribution < 1.29 is 9.50 Å². The molecule has 2 aromatic heterocycles. The summed E-state index contributed by atoms with van der Waals surface area (Å²) in [6.07, 6.45) is 0. The molecule has 0 fully saturated rings. The van der Waals surface area contributed by atoms with Gasteiger partial charge in [0.2, 0.25) is 0 Å². The smallest absolute Gasteiger partial charge is 0.197 e. The van der Waals surface area contributed by atoms with Gasteiger partial charge in [0.25, 0.3) is 0 Å². The number of halogens is 2. The molecule has 1 aromatic carbocycles. The molecule has 0 aliphatic carbocycles. The minimum absolute atomic E-state index is 0.0601. The number of benzene rings is 1. The molecule has 0 unspecified atom stereocenters. The molecular weight excluding hydrogens is 299 g/mol. The average Bonchev–Trinajstić information content (AvgIpc) is 2.69. The van der Waals surface area contributed by atoms with E-state index in [1.807, 2.05) is 6.07 Å². The first-order chi connectivity index (χ1) is 8.66. The second-order valence-corrected chi connectivity index (χ2v) is 4.59. The van der Waals surface area contributed by atoms with E-state index in [0.29, 0.717) is 16.0 Å². The summed E-state index contributed by atoms with van der Waals surface area (Å²) < 4.78 is 15.4. The fourth-order valence-electron chi connectivity index (χ4n) is 1.90. The van der Waals surface area contributed by atoms with Crippen LogP contribution in [0, 0.1) is 5.82 Å². The number of aromatic nitrogens is 2.